The lowest BCUT2D eigenvalue weighted by atomic mass is 9.93. The first kappa shape index (κ1) is 32.7. The molecule has 2 heterocycles. The highest BCUT2D eigenvalue weighted by Gasteiger charge is 2.45. The van der Waals surface area contributed by atoms with Crippen LogP contribution in [0.5, 0.6) is 5.75 Å². The lowest BCUT2D eigenvalue weighted by Crippen LogP contribution is -2.51. The van der Waals surface area contributed by atoms with Crippen molar-refractivity contribution < 1.29 is 22.7 Å². The van der Waals surface area contributed by atoms with E-state index >= 15 is 0 Å². The Morgan fingerprint density at radius 2 is 1.62 bits per heavy atom. The number of amidine groups is 1. The third-order valence-corrected chi connectivity index (χ3v) is 10.4. The van der Waals surface area contributed by atoms with E-state index in [1.165, 1.54) is 26.2 Å². The number of benzene rings is 3. The maximum Gasteiger partial charge on any atom is 0.326 e. The molecule has 3 aromatic rings. The van der Waals surface area contributed by atoms with Crippen molar-refractivity contribution in [3.05, 3.63) is 93.5 Å². The van der Waals surface area contributed by atoms with Crippen molar-refractivity contribution in [2.45, 2.75) is 36.7 Å². The molecule has 0 aromatic heterocycles. The van der Waals surface area contributed by atoms with E-state index in [0.717, 1.165) is 15.4 Å². The van der Waals surface area contributed by atoms with Gasteiger partial charge in [-0.2, -0.15) is 0 Å². The second kappa shape index (κ2) is 13.4. The molecule has 0 radical (unpaired) electrons. The molecule has 0 saturated carbocycles. The fourth-order valence-corrected chi connectivity index (χ4v) is 6.91. The second-order valence-electron chi connectivity index (χ2n) is 11.2. The Bertz CT molecular complexity index is 1710. The van der Waals surface area contributed by atoms with Gasteiger partial charge in [-0.05, 0) is 73.4 Å². The standard InChI is InChI=1S/C32H35Cl2N5O5S/c1-4-44-27-16-15-25(45(42,43)37(2)3)18-26(27)31-36-28(20-7-11-23(33)12-8-20)29(21-9-13-24(34)14-10-21)39(31)32(41)38-17-5-6-22(19-38)30(35)40/h7-16,18,22,28-29H,4-6,17,19H2,1-3H3,(H2,35,40). The number of hydrogen-bond acceptors (Lipinski definition) is 6. The molecule has 13 heteroatoms. The predicted octanol–water partition coefficient (Wildman–Crippen LogP) is 5.50. The molecule has 45 heavy (non-hydrogen) atoms. The Morgan fingerprint density at radius 3 is 2.20 bits per heavy atom. The summed E-state index contributed by atoms with van der Waals surface area (Å²) in [6, 6.07) is 17.3. The summed E-state index contributed by atoms with van der Waals surface area (Å²) in [7, 11) is -0.946. The molecular formula is C32H35Cl2N5O5S. The van der Waals surface area contributed by atoms with Gasteiger partial charge >= 0.3 is 6.03 Å². The van der Waals surface area contributed by atoms with Crippen LogP contribution in [-0.2, 0) is 14.8 Å². The second-order valence-corrected chi connectivity index (χ2v) is 14.2. The number of urea groups is 1. The van der Waals surface area contributed by atoms with Gasteiger partial charge < -0.3 is 15.4 Å². The number of likely N-dealkylation sites (tertiary alicyclic amines) is 1. The summed E-state index contributed by atoms with van der Waals surface area (Å²) in [4.78, 5) is 35.2. The Morgan fingerprint density at radius 1 is 1.00 bits per heavy atom. The molecule has 3 amide bonds. The fourth-order valence-electron chi connectivity index (χ4n) is 5.73. The summed E-state index contributed by atoms with van der Waals surface area (Å²) in [5.74, 6) is -0.344. The molecule has 1 fully saturated rings. The van der Waals surface area contributed by atoms with Crippen LogP contribution in [0.25, 0.3) is 0 Å². The van der Waals surface area contributed by atoms with Crippen molar-refractivity contribution in [2.24, 2.45) is 16.6 Å². The molecule has 1 saturated heterocycles. The number of sulfonamides is 1. The average molecular weight is 673 g/mol. The number of nitrogens with two attached hydrogens (primary N) is 1. The lowest BCUT2D eigenvalue weighted by Gasteiger charge is -2.37. The average Bonchev–Trinajstić information content (AvgIpc) is 3.42. The van der Waals surface area contributed by atoms with E-state index in [4.69, 9.17) is 38.7 Å². The molecule has 2 aliphatic heterocycles. The fraction of sp³-hybridized carbons (Fsp3) is 0.344. The predicted molar refractivity (Wildman–Crippen MR) is 174 cm³/mol. The minimum atomic E-state index is -3.85. The van der Waals surface area contributed by atoms with Gasteiger partial charge in [0, 0.05) is 37.2 Å². The van der Waals surface area contributed by atoms with Gasteiger partial charge in [0.15, 0.2) is 0 Å². The van der Waals surface area contributed by atoms with E-state index < -0.39 is 33.9 Å². The summed E-state index contributed by atoms with van der Waals surface area (Å²) in [6.45, 7) is 2.68. The number of carbonyl (C=O) groups is 2. The van der Waals surface area contributed by atoms with Crippen LogP contribution in [0.4, 0.5) is 4.79 Å². The molecule has 3 atom stereocenters. The number of piperidine rings is 1. The normalized spacial score (nSPS) is 20.3. The summed E-state index contributed by atoms with van der Waals surface area (Å²) < 4.78 is 33.6. The number of aliphatic imine (C=N–C) groups is 1. The molecule has 2 aliphatic rings. The van der Waals surface area contributed by atoms with Gasteiger partial charge in [0.1, 0.15) is 17.6 Å². The molecular weight excluding hydrogens is 637 g/mol. The van der Waals surface area contributed by atoms with Gasteiger partial charge in [-0.15, -0.1) is 0 Å². The van der Waals surface area contributed by atoms with Crippen molar-refractivity contribution in [1.82, 2.24) is 14.1 Å². The zero-order valence-electron chi connectivity index (χ0n) is 25.2. The van der Waals surface area contributed by atoms with Crippen LogP contribution < -0.4 is 10.5 Å². The van der Waals surface area contributed by atoms with E-state index in [1.807, 2.05) is 31.2 Å². The summed E-state index contributed by atoms with van der Waals surface area (Å²) in [5.41, 5.74) is 7.55. The molecule has 0 bridgehead atoms. The van der Waals surface area contributed by atoms with Crippen LogP contribution in [-0.4, -0.2) is 74.1 Å². The number of amides is 3. The lowest BCUT2D eigenvalue weighted by molar-refractivity contribution is -0.123. The molecule has 238 valence electrons. The van der Waals surface area contributed by atoms with Crippen LogP contribution in [0, 0.1) is 5.92 Å². The maximum atomic E-state index is 14.7. The summed E-state index contributed by atoms with van der Waals surface area (Å²) in [6.07, 6.45) is 1.19. The number of rotatable bonds is 8. The number of hydrogen-bond donors (Lipinski definition) is 1. The van der Waals surface area contributed by atoms with Crippen LogP contribution in [0.2, 0.25) is 10.0 Å². The highest BCUT2D eigenvalue weighted by molar-refractivity contribution is 7.89. The number of nitrogens with zero attached hydrogens (tertiary/aromatic N) is 4. The van der Waals surface area contributed by atoms with Gasteiger partial charge in [0.05, 0.1) is 29.0 Å². The van der Waals surface area contributed by atoms with E-state index in [1.54, 1.807) is 40.1 Å². The number of carbonyl (C=O) groups excluding carboxylic acids is 2. The van der Waals surface area contributed by atoms with E-state index in [0.29, 0.717) is 47.4 Å². The monoisotopic (exact) mass is 671 g/mol. The Hall–Kier alpha value is -3.64. The van der Waals surface area contributed by atoms with Gasteiger partial charge in [0.2, 0.25) is 15.9 Å². The molecule has 10 nitrogen and oxygen atoms in total. The zero-order valence-corrected chi connectivity index (χ0v) is 27.5. The molecule has 0 aliphatic carbocycles. The minimum Gasteiger partial charge on any atom is -0.493 e. The first-order valence-electron chi connectivity index (χ1n) is 14.6. The first-order valence-corrected chi connectivity index (χ1v) is 16.8. The molecule has 5 rings (SSSR count). The van der Waals surface area contributed by atoms with Crippen molar-refractivity contribution in [2.75, 3.05) is 33.8 Å². The highest BCUT2D eigenvalue weighted by Crippen LogP contribution is 2.46. The molecule has 3 unspecified atom stereocenters. The largest absolute Gasteiger partial charge is 0.493 e. The number of primary amides is 1. The van der Waals surface area contributed by atoms with Gasteiger partial charge in [-0.25, -0.2) is 17.5 Å². The third kappa shape index (κ3) is 6.67. The van der Waals surface area contributed by atoms with E-state index in [9.17, 15) is 18.0 Å². The van der Waals surface area contributed by atoms with Crippen LogP contribution in [0.15, 0.2) is 76.6 Å². The molecule has 0 spiro atoms. The van der Waals surface area contributed by atoms with Crippen molar-refractivity contribution in [3.63, 3.8) is 0 Å². The minimum absolute atomic E-state index is 0.0193. The van der Waals surface area contributed by atoms with Crippen molar-refractivity contribution in [1.29, 1.82) is 0 Å². The van der Waals surface area contributed by atoms with Crippen molar-refractivity contribution in [3.8, 4) is 5.75 Å². The smallest absolute Gasteiger partial charge is 0.326 e. The maximum absolute atomic E-state index is 14.7. The zero-order chi connectivity index (χ0) is 32.5. The Balaban J connectivity index is 1.75. The van der Waals surface area contributed by atoms with E-state index in [-0.39, 0.29) is 23.3 Å². The highest BCUT2D eigenvalue weighted by atomic mass is 35.5. The number of halogens is 2. The third-order valence-electron chi connectivity index (χ3n) is 8.06. The topological polar surface area (TPSA) is 126 Å². The van der Waals surface area contributed by atoms with E-state index in [2.05, 4.69) is 0 Å². The molecule has 3 aromatic carbocycles. The van der Waals surface area contributed by atoms with Gasteiger partial charge in [-0.1, -0.05) is 47.5 Å². The Labute approximate surface area is 273 Å². The van der Waals surface area contributed by atoms with Crippen LogP contribution >= 0.6 is 23.2 Å². The summed E-state index contributed by atoms with van der Waals surface area (Å²) >= 11 is 12.5. The molecule has 2 N–H and O–H groups in total. The van der Waals surface area contributed by atoms with Crippen LogP contribution in [0.1, 0.15) is 48.5 Å². The van der Waals surface area contributed by atoms with Gasteiger partial charge in [0.25, 0.3) is 0 Å². The first-order chi connectivity index (χ1) is 21.4. The Kier molecular flexibility index (Phi) is 9.74. The van der Waals surface area contributed by atoms with Crippen molar-refractivity contribution >= 4 is 51.0 Å². The van der Waals surface area contributed by atoms with Crippen LogP contribution in [0.3, 0.4) is 0 Å². The van der Waals surface area contributed by atoms with Gasteiger partial charge in [-0.3, -0.25) is 14.7 Å². The summed E-state index contributed by atoms with van der Waals surface area (Å²) in [5, 5.41) is 1.07. The quantitative estimate of drug-likeness (QED) is 0.338. The number of ether oxygens (including phenoxy) is 1. The SMILES string of the molecule is CCOc1ccc(S(=O)(=O)N(C)C)cc1C1=NC(c2ccc(Cl)cc2)C(c2ccc(Cl)cc2)N1C(=O)N1CCCC(C(N)=O)C1.